The van der Waals surface area contributed by atoms with Crippen molar-refractivity contribution in [2.75, 3.05) is 18.5 Å². The number of nitrogens with zero attached hydrogens (tertiary/aromatic N) is 1. The Hall–Kier alpha value is -1.04. The van der Waals surface area contributed by atoms with Crippen molar-refractivity contribution in [2.45, 2.75) is 32.1 Å². The number of anilines is 1. The number of hydrogen-bond acceptors (Lipinski definition) is 4. The number of halogens is 2. The number of rotatable bonds is 5. The van der Waals surface area contributed by atoms with Gasteiger partial charge < -0.3 is 15.8 Å². The van der Waals surface area contributed by atoms with Crippen molar-refractivity contribution in [1.82, 2.24) is 4.98 Å². The molecule has 1 saturated carbocycles. The summed E-state index contributed by atoms with van der Waals surface area (Å²) in [4.78, 5) is 15.4. The largest absolute Gasteiger partial charge is 0.489 e. The summed E-state index contributed by atoms with van der Waals surface area (Å²) in [7, 11) is 0. The quantitative estimate of drug-likeness (QED) is 0.867. The van der Waals surface area contributed by atoms with Crippen LogP contribution in [0.2, 0.25) is 0 Å². The number of hydrogen-bond donors (Lipinski definition) is 2. The number of aromatic nitrogens is 1. The molecule has 1 aliphatic carbocycles. The van der Waals surface area contributed by atoms with Gasteiger partial charge in [-0.2, -0.15) is 0 Å². The molecule has 2 rings (SSSR count). The molecule has 0 spiro atoms. The average molecular weight is 336 g/mol. The molecule has 7 heteroatoms. The molecular formula is C14H23Cl2N3O2. The van der Waals surface area contributed by atoms with Gasteiger partial charge >= 0.3 is 0 Å². The van der Waals surface area contributed by atoms with Crippen LogP contribution < -0.4 is 15.8 Å². The van der Waals surface area contributed by atoms with Crippen LogP contribution in [0, 0.1) is 5.92 Å². The van der Waals surface area contributed by atoms with E-state index in [4.69, 9.17) is 10.5 Å². The van der Waals surface area contributed by atoms with E-state index >= 15 is 0 Å². The minimum absolute atomic E-state index is 0. The van der Waals surface area contributed by atoms with Gasteiger partial charge in [0, 0.05) is 6.20 Å². The van der Waals surface area contributed by atoms with Crippen molar-refractivity contribution in [3.63, 3.8) is 0 Å². The second kappa shape index (κ2) is 10.7. The third-order valence-electron chi connectivity index (χ3n) is 3.41. The third-order valence-corrected chi connectivity index (χ3v) is 3.41. The van der Waals surface area contributed by atoms with E-state index in [1.54, 1.807) is 12.3 Å². The molecule has 1 aromatic heterocycles. The normalized spacial score (nSPS) is 14.5. The third kappa shape index (κ3) is 6.50. The van der Waals surface area contributed by atoms with Crippen LogP contribution in [0.25, 0.3) is 0 Å². The topological polar surface area (TPSA) is 77.2 Å². The van der Waals surface area contributed by atoms with Gasteiger partial charge in [0.05, 0.1) is 13.2 Å². The highest BCUT2D eigenvalue weighted by Crippen LogP contribution is 2.26. The van der Waals surface area contributed by atoms with Crippen molar-refractivity contribution in [2.24, 2.45) is 11.7 Å². The van der Waals surface area contributed by atoms with E-state index in [-0.39, 0.29) is 37.3 Å². The van der Waals surface area contributed by atoms with Crippen LogP contribution in [0.5, 0.6) is 5.75 Å². The van der Waals surface area contributed by atoms with Gasteiger partial charge in [-0.25, -0.2) is 4.98 Å². The van der Waals surface area contributed by atoms with Crippen molar-refractivity contribution in [1.29, 1.82) is 0 Å². The summed E-state index contributed by atoms with van der Waals surface area (Å²) in [6.45, 7) is 0.635. The summed E-state index contributed by atoms with van der Waals surface area (Å²) in [5.41, 5.74) is 5.28. The van der Waals surface area contributed by atoms with Crippen LogP contribution in [0.15, 0.2) is 18.3 Å². The smallest absolute Gasteiger partial charge is 0.239 e. The summed E-state index contributed by atoms with van der Waals surface area (Å²) >= 11 is 0. The molecule has 3 N–H and O–H groups in total. The Balaban J connectivity index is 0.00000200. The van der Waals surface area contributed by atoms with Crippen molar-refractivity contribution >= 4 is 36.5 Å². The highest BCUT2D eigenvalue weighted by atomic mass is 35.5. The molecule has 0 radical (unpaired) electrons. The van der Waals surface area contributed by atoms with Crippen LogP contribution in [0.1, 0.15) is 32.1 Å². The summed E-state index contributed by atoms with van der Waals surface area (Å²) in [5, 5.41) is 2.65. The van der Waals surface area contributed by atoms with Crippen LogP contribution >= 0.6 is 24.8 Å². The summed E-state index contributed by atoms with van der Waals surface area (Å²) in [6, 6.07) is 3.62. The first kappa shape index (κ1) is 20.0. The highest BCUT2D eigenvalue weighted by Gasteiger charge is 2.15. The predicted octanol–water partition coefficient (Wildman–Crippen LogP) is 2.78. The predicted molar refractivity (Wildman–Crippen MR) is 88.5 cm³/mol. The molecule has 120 valence electrons. The van der Waals surface area contributed by atoms with Gasteiger partial charge in [0.2, 0.25) is 5.91 Å². The molecule has 5 nitrogen and oxygen atoms in total. The van der Waals surface area contributed by atoms with Crippen molar-refractivity contribution in [3.05, 3.63) is 18.3 Å². The number of nitrogens with two attached hydrogens (primary N) is 1. The van der Waals surface area contributed by atoms with E-state index in [1.165, 1.54) is 32.1 Å². The molecule has 0 atom stereocenters. The Bertz CT molecular complexity index is 426. The molecule has 0 saturated heterocycles. The second-order valence-corrected chi connectivity index (χ2v) is 4.92. The number of ether oxygens (including phenoxy) is 1. The SMILES string of the molecule is Cl.Cl.NCC(=O)Nc1ncccc1OCC1CCCCC1. The highest BCUT2D eigenvalue weighted by molar-refractivity contribution is 5.92. The Morgan fingerprint density at radius 1 is 1.33 bits per heavy atom. The molecule has 1 heterocycles. The zero-order chi connectivity index (χ0) is 13.5. The van der Waals surface area contributed by atoms with E-state index in [9.17, 15) is 4.79 Å². The minimum Gasteiger partial charge on any atom is -0.489 e. The summed E-state index contributed by atoms with van der Waals surface area (Å²) < 4.78 is 5.80. The first-order valence-corrected chi connectivity index (χ1v) is 6.87. The van der Waals surface area contributed by atoms with Gasteiger partial charge in [0.25, 0.3) is 0 Å². The first-order chi connectivity index (χ1) is 9.29. The van der Waals surface area contributed by atoms with Gasteiger partial charge in [-0.05, 0) is 30.9 Å². The van der Waals surface area contributed by atoms with Gasteiger partial charge in [0.1, 0.15) is 0 Å². The Kier molecular flexibility index (Phi) is 10.1. The van der Waals surface area contributed by atoms with E-state index in [1.807, 2.05) is 6.07 Å². The standard InChI is InChI=1S/C14H21N3O2.2ClH/c15-9-13(18)17-14-12(7-4-8-16-14)19-10-11-5-2-1-3-6-11;;/h4,7-8,11H,1-3,5-6,9-10,15H2,(H,16,17,18);2*1H. The molecule has 1 aromatic rings. The fourth-order valence-corrected chi connectivity index (χ4v) is 2.35. The minimum atomic E-state index is -0.263. The summed E-state index contributed by atoms with van der Waals surface area (Å²) in [6.07, 6.45) is 7.99. The number of nitrogens with one attached hydrogen (secondary N) is 1. The van der Waals surface area contributed by atoms with Gasteiger partial charge in [0.15, 0.2) is 11.6 Å². The molecule has 0 aromatic carbocycles. The number of carbonyl (C=O) groups is 1. The molecule has 0 aliphatic heterocycles. The maximum atomic E-state index is 11.3. The molecular weight excluding hydrogens is 313 g/mol. The zero-order valence-electron chi connectivity index (χ0n) is 11.9. The van der Waals surface area contributed by atoms with Gasteiger partial charge in [-0.15, -0.1) is 24.8 Å². The van der Waals surface area contributed by atoms with Gasteiger partial charge in [-0.3, -0.25) is 4.79 Å². The molecule has 0 bridgehead atoms. The lowest BCUT2D eigenvalue weighted by Gasteiger charge is -2.22. The van der Waals surface area contributed by atoms with Crippen LogP contribution in [-0.4, -0.2) is 24.0 Å². The first-order valence-electron chi connectivity index (χ1n) is 6.87. The van der Waals surface area contributed by atoms with Crippen molar-refractivity contribution in [3.8, 4) is 5.75 Å². The molecule has 1 aliphatic rings. The maximum absolute atomic E-state index is 11.3. The lowest BCUT2D eigenvalue weighted by Crippen LogP contribution is -2.23. The maximum Gasteiger partial charge on any atom is 0.239 e. The van der Waals surface area contributed by atoms with Crippen molar-refractivity contribution < 1.29 is 9.53 Å². The zero-order valence-corrected chi connectivity index (χ0v) is 13.5. The molecule has 1 fully saturated rings. The van der Waals surface area contributed by atoms with E-state index in [0.717, 1.165) is 0 Å². The average Bonchev–Trinajstić information content (AvgIpc) is 2.47. The Morgan fingerprint density at radius 2 is 2.05 bits per heavy atom. The van der Waals surface area contributed by atoms with E-state index in [0.29, 0.717) is 24.1 Å². The lowest BCUT2D eigenvalue weighted by atomic mass is 9.90. The number of amides is 1. The number of carbonyl (C=O) groups excluding carboxylic acids is 1. The van der Waals surface area contributed by atoms with Crippen LogP contribution in [-0.2, 0) is 4.79 Å². The molecule has 1 amide bonds. The Morgan fingerprint density at radius 3 is 2.71 bits per heavy atom. The van der Waals surface area contributed by atoms with Crippen LogP contribution in [0.3, 0.4) is 0 Å². The van der Waals surface area contributed by atoms with E-state index in [2.05, 4.69) is 10.3 Å². The van der Waals surface area contributed by atoms with Gasteiger partial charge in [-0.1, -0.05) is 19.3 Å². The van der Waals surface area contributed by atoms with Crippen LogP contribution in [0.4, 0.5) is 5.82 Å². The molecule has 21 heavy (non-hydrogen) atoms. The molecule has 0 unspecified atom stereocenters. The second-order valence-electron chi connectivity index (χ2n) is 4.92. The van der Waals surface area contributed by atoms with E-state index < -0.39 is 0 Å². The monoisotopic (exact) mass is 335 g/mol. The number of pyridine rings is 1. The summed E-state index contributed by atoms with van der Waals surface area (Å²) in [5.74, 6) is 1.43. The lowest BCUT2D eigenvalue weighted by molar-refractivity contribution is -0.114. The fourth-order valence-electron chi connectivity index (χ4n) is 2.35. The Labute approximate surface area is 137 Å². The fraction of sp³-hybridized carbons (Fsp3) is 0.571.